The molecule has 1 aliphatic heterocycles. The zero-order valence-electron chi connectivity index (χ0n) is 13.4. The number of nitro groups is 1. The summed E-state index contributed by atoms with van der Waals surface area (Å²) in [7, 11) is 1.90. The first-order valence-electron chi connectivity index (χ1n) is 7.76. The first kappa shape index (κ1) is 15.6. The average molecular weight is 315 g/mol. The van der Waals surface area contributed by atoms with Crippen LogP contribution >= 0.6 is 0 Å². The van der Waals surface area contributed by atoms with Gasteiger partial charge >= 0.3 is 0 Å². The van der Waals surface area contributed by atoms with Gasteiger partial charge in [-0.25, -0.2) is 0 Å². The first-order valence-corrected chi connectivity index (χ1v) is 7.76. The van der Waals surface area contributed by atoms with Crippen LogP contribution in [0.3, 0.4) is 0 Å². The van der Waals surface area contributed by atoms with E-state index in [0.717, 1.165) is 43.0 Å². The van der Waals surface area contributed by atoms with Crippen molar-refractivity contribution in [2.75, 3.05) is 19.6 Å². The van der Waals surface area contributed by atoms with E-state index in [1.165, 1.54) is 12.1 Å². The SMILES string of the molecule is CC1CN(Cc2cn(C)nc2-c2ccc([N+](=O)[O-])cc2)CCN1. The van der Waals surface area contributed by atoms with Crippen molar-refractivity contribution in [3.8, 4) is 11.3 Å². The molecule has 1 aromatic heterocycles. The van der Waals surface area contributed by atoms with Gasteiger partial charge in [0.2, 0.25) is 0 Å². The number of aromatic nitrogens is 2. The van der Waals surface area contributed by atoms with E-state index in [4.69, 9.17) is 0 Å². The van der Waals surface area contributed by atoms with Gasteiger partial charge in [0.15, 0.2) is 0 Å². The Morgan fingerprint density at radius 2 is 2.13 bits per heavy atom. The zero-order valence-corrected chi connectivity index (χ0v) is 13.4. The van der Waals surface area contributed by atoms with Gasteiger partial charge in [0.1, 0.15) is 0 Å². The Kier molecular flexibility index (Phi) is 4.40. The third-order valence-corrected chi connectivity index (χ3v) is 4.10. The smallest absolute Gasteiger partial charge is 0.269 e. The number of hydrogen-bond acceptors (Lipinski definition) is 5. The summed E-state index contributed by atoms with van der Waals surface area (Å²) in [5.41, 5.74) is 3.06. The third-order valence-electron chi connectivity index (χ3n) is 4.10. The van der Waals surface area contributed by atoms with Crippen molar-refractivity contribution in [3.05, 3.63) is 46.1 Å². The van der Waals surface area contributed by atoms with Gasteiger partial charge in [-0.15, -0.1) is 0 Å². The van der Waals surface area contributed by atoms with Gasteiger partial charge < -0.3 is 5.32 Å². The Labute approximate surface area is 135 Å². The second-order valence-electron chi connectivity index (χ2n) is 6.07. The van der Waals surface area contributed by atoms with E-state index in [1.54, 1.807) is 16.8 Å². The van der Waals surface area contributed by atoms with E-state index in [2.05, 4.69) is 22.2 Å². The molecule has 1 atom stereocenters. The molecule has 7 nitrogen and oxygen atoms in total. The number of nitro benzene ring substituents is 1. The molecule has 0 spiro atoms. The van der Waals surface area contributed by atoms with Gasteiger partial charge in [0.25, 0.3) is 5.69 Å². The molecular weight excluding hydrogens is 294 g/mol. The predicted molar refractivity (Wildman–Crippen MR) is 88.0 cm³/mol. The normalized spacial score (nSPS) is 19.0. The summed E-state index contributed by atoms with van der Waals surface area (Å²) >= 11 is 0. The van der Waals surface area contributed by atoms with Gasteiger partial charge in [-0.05, 0) is 19.1 Å². The van der Waals surface area contributed by atoms with Crippen LogP contribution in [0.5, 0.6) is 0 Å². The number of rotatable bonds is 4. The third kappa shape index (κ3) is 3.57. The van der Waals surface area contributed by atoms with Crippen LogP contribution in [0.25, 0.3) is 11.3 Å². The molecule has 1 saturated heterocycles. The van der Waals surface area contributed by atoms with Crippen molar-refractivity contribution >= 4 is 5.69 Å². The fourth-order valence-electron chi connectivity index (χ4n) is 3.03. The number of nitrogens with one attached hydrogen (secondary N) is 1. The van der Waals surface area contributed by atoms with E-state index in [9.17, 15) is 10.1 Å². The Bertz CT molecular complexity index is 695. The monoisotopic (exact) mass is 315 g/mol. The number of benzene rings is 1. The second kappa shape index (κ2) is 6.47. The average Bonchev–Trinajstić information content (AvgIpc) is 2.88. The number of hydrogen-bond donors (Lipinski definition) is 1. The maximum absolute atomic E-state index is 10.8. The van der Waals surface area contributed by atoms with Gasteiger partial charge in [0, 0.05) is 68.7 Å². The summed E-state index contributed by atoms with van der Waals surface area (Å²) in [6.07, 6.45) is 2.03. The lowest BCUT2D eigenvalue weighted by Gasteiger charge is -2.31. The molecule has 0 amide bonds. The van der Waals surface area contributed by atoms with E-state index in [1.807, 2.05) is 13.2 Å². The van der Waals surface area contributed by atoms with E-state index >= 15 is 0 Å². The van der Waals surface area contributed by atoms with Crippen molar-refractivity contribution in [2.45, 2.75) is 19.5 Å². The number of aryl methyl sites for hydroxylation is 1. The van der Waals surface area contributed by atoms with Crippen LogP contribution in [0.1, 0.15) is 12.5 Å². The molecule has 1 fully saturated rings. The Morgan fingerprint density at radius 3 is 2.78 bits per heavy atom. The van der Waals surface area contributed by atoms with E-state index in [0.29, 0.717) is 6.04 Å². The summed E-state index contributed by atoms with van der Waals surface area (Å²) in [6.45, 7) is 6.04. The minimum absolute atomic E-state index is 0.0992. The lowest BCUT2D eigenvalue weighted by atomic mass is 10.1. The van der Waals surface area contributed by atoms with Crippen molar-refractivity contribution in [1.82, 2.24) is 20.0 Å². The molecule has 0 radical (unpaired) electrons. The van der Waals surface area contributed by atoms with E-state index in [-0.39, 0.29) is 10.6 Å². The van der Waals surface area contributed by atoms with Crippen molar-refractivity contribution in [1.29, 1.82) is 0 Å². The molecular formula is C16H21N5O2. The van der Waals surface area contributed by atoms with Crippen LogP contribution < -0.4 is 5.32 Å². The second-order valence-corrected chi connectivity index (χ2v) is 6.07. The van der Waals surface area contributed by atoms with Gasteiger partial charge in [-0.1, -0.05) is 0 Å². The van der Waals surface area contributed by atoms with Crippen molar-refractivity contribution < 1.29 is 4.92 Å². The Hall–Kier alpha value is -2.25. The molecule has 1 unspecified atom stereocenters. The molecule has 23 heavy (non-hydrogen) atoms. The Morgan fingerprint density at radius 1 is 1.39 bits per heavy atom. The zero-order chi connectivity index (χ0) is 16.4. The lowest BCUT2D eigenvalue weighted by Crippen LogP contribution is -2.48. The maximum Gasteiger partial charge on any atom is 0.269 e. The maximum atomic E-state index is 10.8. The number of nitrogens with zero attached hydrogens (tertiary/aromatic N) is 4. The van der Waals surface area contributed by atoms with Crippen LogP contribution in [0.2, 0.25) is 0 Å². The highest BCUT2D eigenvalue weighted by Gasteiger charge is 2.19. The molecule has 1 aromatic carbocycles. The Balaban J connectivity index is 1.83. The standard InChI is InChI=1S/C16H21N5O2/c1-12-9-20(8-7-17-12)11-14-10-19(2)18-16(14)13-3-5-15(6-4-13)21(22)23/h3-6,10,12,17H,7-9,11H2,1-2H3. The van der Waals surface area contributed by atoms with Crippen molar-refractivity contribution in [3.63, 3.8) is 0 Å². The quantitative estimate of drug-likeness (QED) is 0.687. The number of non-ortho nitro benzene ring substituents is 1. The fraction of sp³-hybridized carbons (Fsp3) is 0.438. The fourth-order valence-corrected chi connectivity index (χ4v) is 3.03. The summed E-state index contributed by atoms with van der Waals surface area (Å²) < 4.78 is 1.80. The highest BCUT2D eigenvalue weighted by Crippen LogP contribution is 2.25. The van der Waals surface area contributed by atoms with Crippen molar-refractivity contribution in [2.24, 2.45) is 7.05 Å². The molecule has 2 aromatic rings. The molecule has 2 heterocycles. The minimum atomic E-state index is -0.384. The first-order chi connectivity index (χ1) is 11.0. The lowest BCUT2D eigenvalue weighted by molar-refractivity contribution is -0.384. The van der Waals surface area contributed by atoms with E-state index < -0.39 is 0 Å². The highest BCUT2D eigenvalue weighted by molar-refractivity contribution is 5.64. The molecule has 7 heteroatoms. The van der Waals surface area contributed by atoms with Gasteiger partial charge in [-0.2, -0.15) is 5.10 Å². The molecule has 0 saturated carbocycles. The van der Waals surface area contributed by atoms with Crippen LogP contribution in [-0.4, -0.2) is 45.3 Å². The summed E-state index contributed by atoms with van der Waals surface area (Å²) in [5.74, 6) is 0. The topological polar surface area (TPSA) is 76.2 Å². The van der Waals surface area contributed by atoms with Crippen LogP contribution in [0.15, 0.2) is 30.5 Å². The molecule has 1 aliphatic rings. The molecule has 3 rings (SSSR count). The molecule has 1 N–H and O–H groups in total. The van der Waals surface area contributed by atoms with Crippen LogP contribution in [-0.2, 0) is 13.6 Å². The molecule has 0 aliphatic carbocycles. The minimum Gasteiger partial charge on any atom is -0.312 e. The van der Waals surface area contributed by atoms with Gasteiger partial charge in [-0.3, -0.25) is 19.7 Å². The largest absolute Gasteiger partial charge is 0.312 e. The summed E-state index contributed by atoms with van der Waals surface area (Å²) in [5, 5.41) is 18.8. The summed E-state index contributed by atoms with van der Waals surface area (Å²) in [6, 6.07) is 7.08. The van der Waals surface area contributed by atoms with Gasteiger partial charge in [0.05, 0.1) is 10.6 Å². The highest BCUT2D eigenvalue weighted by atomic mass is 16.6. The van der Waals surface area contributed by atoms with Crippen LogP contribution in [0, 0.1) is 10.1 Å². The summed E-state index contributed by atoms with van der Waals surface area (Å²) in [4.78, 5) is 12.8. The predicted octanol–water partition coefficient (Wildman–Crippen LogP) is 1.79. The van der Waals surface area contributed by atoms with Crippen LogP contribution in [0.4, 0.5) is 5.69 Å². The molecule has 0 bridgehead atoms. The number of piperazine rings is 1. The molecule has 122 valence electrons.